The Morgan fingerprint density at radius 3 is 2.54 bits per heavy atom. The molecule has 1 amide bonds. The molecule has 0 spiro atoms. The molecule has 0 radical (unpaired) electrons. The second kappa shape index (κ2) is 7.71. The lowest BCUT2D eigenvalue weighted by atomic mass is 9.85. The standard InChI is InChI=1S/C18H16ClF3N2O3S/c19-13-4-5-16(23-10-13)17(25)24-9-11-6-15(7-11)28(26,27)14-3-1-2-12(8-14)18(20,21)22/h1-5,8,10-11,15H,6-7,9H2,(H,24,25). The highest BCUT2D eigenvalue weighted by molar-refractivity contribution is 7.92. The quantitative estimate of drug-likeness (QED) is 0.781. The fourth-order valence-corrected chi connectivity index (χ4v) is 5.08. The van der Waals surface area contributed by atoms with Gasteiger partial charge in [0.1, 0.15) is 5.69 Å². The minimum atomic E-state index is -4.60. The van der Waals surface area contributed by atoms with Crippen LogP contribution in [0.2, 0.25) is 5.02 Å². The molecule has 1 N–H and O–H groups in total. The number of amides is 1. The van der Waals surface area contributed by atoms with Gasteiger partial charge in [-0.1, -0.05) is 17.7 Å². The van der Waals surface area contributed by atoms with E-state index >= 15 is 0 Å². The summed E-state index contributed by atoms with van der Waals surface area (Å²) in [5.41, 5.74) is -0.802. The van der Waals surface area contributed by atoms with Crippen LogP contribution in [0.1, 0.15) is 28.9 Å². The lowest BCUT2D eigenvalue weighted by Gasteiger charge is -2.35. The first-order valence-electron chi connectivity index (χ1n) is 8.38. The number of sulfone groups is 1. The Morgan fingerprint density at radius 1 is 1.21 bits per heavy atom. The Bertz CT molecular complexity index is 972. The van der Waals surface area contributed by atoms with Gasteiger partial charge in [-0.15, -0.1) is 0 Å². The van der Waals surface area contributed by atoms with Crippen molar-refractivity contribution in [1.82, 2.24) is 10.3 Å². The van der Waals surface area contributed by atoms with Crippen molar-refractivity contribution in [3.8, 4) is 0 Å². The fraction of sp³-hybridized carbons (Fsp3) is 0.333. The Hall–Kier alpha value is -2.13. The lowest BCUT2D eigenvalue weighted by molar-refractivity contribution is -0.137. The summed E-state index contributed by atoms with van der Waals surface area (Å²) in [7, 11) is -3.85. The number of nitrogens with zero attached hydrogens (tertiary/aromatic N) is 1. The van der Waals surface area contributed by atoms with Gasteiger partial charge in [-0.25, -0.2) is 13.4 Å². The first kappa shape index (κ1) is 20.6. The summed E-state index contributed by atoms with van der Waals surface area (Å²) in [6.45, 7) is 0.262. The van der Waals surface area contributed by atoms with Gasteiger partial charge in [0.25, 0.3) is 5.91 Å². The molecule has 2 aromatic rings. The monoisotopic (exact) mass is 432 g/mol. The number of carbonyl (C=O) groups excluding carboxylic acids is 1. The van der Waals surface area contributed by atoms with Gasteiger partial charge >= 0.3 is 6.18 Å². The Balaban J connectivity index is 1.57. The molecule has 1 heterocycles. The first-order valence-corrected chi connectivity index (χ1v) is 10.3. The maximum Gasteiger partial charge on any atom is 0.416 e. The molecule has 3 rings (SSSR count). The average molecular weight is 433 g/mol. The van der Waals surface area contributed by atoms with Crippen LogP contribution in [0.15, 0.2) is 47.5 Å². The normalized spacial score (nSPS) is 19.7. The van der Waals surface area contributed by atoms with E-state index in [1.165, 1.54) is 24.4 Å². The highest BCUT2D eigenvalue weighted by atomic mass is 35.5. The molecular weight excluding hydrogens is 417 g/mol. The van der Waals surface area contributed by atoms with Crippen LogP contribution in [0.3, 0.4) is 0 Å². The van der Waals surface area contributed by atoms with Crippen molar-refractivity contribution in [3.05, 3.63) is 58.9 Å². The van der Waals surface area contributed by atoms with Gasteiger partial charge in [-0.2, -0.15) is 13.2 Å². The molecule has 0 aliphatic heterocycles. The minimum Gasteiger partial charge on any atom is -0.350 e. The van der Waals surface area contributed by atoms with Gasteiger partial charge in [0.2, 0.25) is 0 Å². The zero-order valence-corrected chi connectivity index (χ0v) is 16.0. The number of alkyl halides is 3. The van der Waals surface area contributed by atoms with Crippen LogP contribution in [-0.2, 0) is 16.0 Å². The first-order chi connectivity index (χ1) is 13.1. The second-order valence-corrected chi connectivity index (χ2v) is 9.27. The van der Waals surface area contributed by atoms with E-state index in [4.69, 9.17) is 11.6 Å². The molecule has 1 fully saturated rings. The number of nitrogens with one attached hydrogen (secondary N) is 1. The van der Waals surface area contributed by atoms with E-state index in [-0.39, 0.29) is 35.9 Å². The number of aromatic nitrogens is 1. The molecule has 28 heavy (non-hydrogen) atoms. The molecule has 1 aliphatic carbocycles. The molecule has 1 aliphatic rings. The fourth-order valence-electron chi connectivity index (χ4n) is 2.97. The lowest BCUT2D eigenvalue weighted by Crippen LogP contribution is -2.42. The summed E-state index contributed by atoms with van der Waals surface area (Å²) < 4.78 is 63.5. The van der Waals surface area contributed by atoms with E-state index in [0.717, 1.165) is 12.1 Å². The molecule has 150 valence electrons. The van der Waals surface area contributed by atoms with E-state index in [0.29, 0.717) is 11.1 Å². The topological polar surface area (TPSA) is 76.1 Å². The maximum atomic E-state index is 12.8. The van der Waals surface area contributed by atoms with Crippen LogP contribution in [0.4, 0.5) is 13.2 Å². The predicted octanol–water partition coefficient (Wildman–Crippen LogP) is 3.74. The van der Waals surface area contributed by atoms with Crippen molar-refractivity contribution < 1.29 is 26.4 Å². The van der Waals surface area contributed by atoms with Crippen molar-refractivity contribution in [2.75, 3.05) is 6.54 Å². The summed E-state index contributed by atoms with van der Waals surface area (Å²) in [5.74, 6) is -0.470. The molecule has 1 aromatic carbocycles. The smallest absolute Gasteiger partial charge is 0.350 e. The number of rotatable bonds is 5. The number of halogens is 4. The molecule has 5 nitrogen and oxygen atoms in total. The third-order valence-electron chi connectivity index (χ3n) is 4.63. The number of hydrogen-bond donors (Lipinski definition) is 1. The van der Waals surface area contributed by atoms with Gasteiger partial charge in [0, 0.05) is 12.7 Å². The third kappa shape index (κ3) is 4.47. The minimum absolute atomic E-state index is 0.0678. The van der Waals surface area contributed by atoms with E-state index in [1.807, 2.05) is 0 Å². The second-order valence-electron chi connectivity index (χ2n) is 6.60. The Morgan fingerprint density at radius 2 is 1.93 bits per heavy atom. The average Bonchev–Trinajstić information content (AvgIpc) is 2.60. The van der Waals surface area contributed by atoms with Crippen LogP contribution in [0, 0.1) is 5.92 Å². The zero-order valence-electron chi connectivity index (χ0n) is 14.4. The van der Waals surface area contributed by atoms with Gasteiger partial charge in [-0.05, 0) is 49.1 Å². The molecular formula is C18H16ClF3N2O3S. The largest absolute Gasteiger partial charge is 0.416 e. The molecule has 1 saturated carbocycles. The number of pyridine rings is 1. The van der Waals surface area contributed by atoms with Gasteiger partial charge < -0.3 is 5.32 Å². The number of carbonyl (C=O) groups is 1. The van der Waals surface area contributed by atoms with Crippen LogP contribution in [0.5, 0.6) is 0 Å². The van der Waals surface area contributed by atoms with Crippen molar-refractivity contribution in [1.29, 1.82) is 0 Å². The van der Waals surface area contributed by atoms with Crippen LogP contribution >= 0.6 is 11.6 Å². The zero-order chi connectivity index (χ0) is 20.5. The molecule has 10 heteroatoms. The summed E-state index contributed by atoms with van der Waals surface area (Å²) in [4.78, 5) is 15.5. The Labute approximate surface area is 164 Å². The maximum absolute atomic E-state index is 12.8. The molecule has 0 bridgehead atoms. The van der Waals surface area contributed by atoms with Crippen molar-refractivity contribution >= 4 is 27.3 Å². The van der Waals surface area contributed by atoms with E-state index in [9.17, 15) is 26.4 Å². The van der Waals surface area contributed by atoms with E-state index < -0.39 is 32.7 Å². The summed E-state index contributed by atoms with van der Waals surface area (Å²) >= 11 is 5.71. The van der Waals surface area contributed by atoms with Gasteiger partial charge in [0.15, 0.2) is 9.84 Å². The summed E-state index contributed by atoms with van der Waals surface area (Å²) in [6.07, 6.45) is -2.72. The van der Waals surface area contributed by atoms with Crippen LogP contribution in [-0.4, -0.2) is 31.1 Å². The highest BCUT2D eigenvalue weighted by Crippen LogP contribution is 2.37. The Kier molecular flexibility index (Phi) is 5.67. The molecule has 0 saturated heterocycles. The summed E-state index contributed by atoms with van der Waals surface area (Å²) in [6, 6.07) is 6.76. The SMILES string of the molecule is O=C(NCC1CC(S(=O)(=O)c2cccc(C(F)(F)F)c2)C1)c1ccc(Cl)cn1. The van der Waals surface area contributed by atoms with Crippen molar-refractivity contribution in [3.63, 3.8) is 0 Å². The number of hydrogen-bond acceptors (Lipinski definition) is 4. The molecule has 0 atom stereocenters. The third-order valence-corrected chi connectivity index (χ3v) is 7.03. The van der Waals surface area contributed by atoms with Crippen molar-refractivity contribution in [2.24, 2.45) is 5.92 Å². The van der Waals surface area contributed by atoms with E-state index in [2.05, 4.69) is 10.3 Å². The van der Waals surface area contributed by atoms with Crippen molar-refractivity contribution in [2.45, 2.75) is 29.2 Å². The molecule has 1 aromatic heterocycles. The van der Waals surface area contributed by atoms with Crippen LogP contribution < -0.4 is 5.32 Å². The number of benzene rings is 1. The molecule has 0 unspecified atom stereocenters. The van der Waals surface area contributed by atoms with Gasteiger partial charge in [-0.3, -0.25) is 4.79 Å². The van der Waals surface area contributed by atoms with Crippen LogP contribution in [0.25, 0.3) is 0 Å². The highest BCUT2D eigenvalue weighted by Gasteiger charge is 2.40. The summed E-state index contributed by atoms with van der Waals surface area (Å²) in [5, 5.41) is 2.32. The predicted molar refractivity (Wildman–Crippen MR) is 96.7 cm³/mol. The van der Waals surface area contributed by atoms with Gasteiger partial charge in [0.05, 0.1) is 20.7 Å². The van der Waals surface area contributed by atoms with E-state index in [1.54, 1.807) is 0 Å².